The lowest BCUT2D eigenvalue weighted by Crippen LogP contribution is -2.72. The molecular weight excluding hydrogens is 425 g/mol. The van der Waals surface area contributed by atoms with Gasteiger partial charge in [-0.25, -0.2) is 0 Å². The molecular formula is C11H10F13NO2. The third-order valence-electron chi connectivity index (χ3n) is 3.27. The third-order valence-corrected chi connectivity index (χ3v) is 3.27. The van der Waals surface area contributed by atoms with Gasteiger partial charge in [-0.1, -0.05) is 6.92 Å². The molecule has 0 rings (SSSR count). The number of aliphatic hydroxyl groups is 1. The smallest absolute Gasteiger partial charge is 0.394 e. The lowest BCUT2D eigenvalue weighted by atomic mass is 9.93. The fourth-order valence-electron chi connectivity index (χ4n) is 1.46. The Morgan fingerprint density at radius 2 is 1.15 bits per heavy atom. The molecule has 3 nitrogen and oxygen atoms in total. The average Bonchev–Trinajstić information content (AvgIpc) is 2.50. The van der Waals surface area contributed by atoms with Crippen LogP contribution >= 0.6 is 0 Å². The van der Waals surface area contributed by atoms with E-state index in [4.69, 9.17) is 5.11 Å². The van der Waals surface area contributed by atoms with Crippen molar-refractivity contribution >= 4 is 5.91 Å². The van der Waals surface area contributed by atoms with Gasteiger partial charge in [0.25, 0.3) is 5.91 Å². The summed E-state index contributed by atoms with van der Waals surface area (Å²) < 4.78 is 166. The zero-order chi connectivity index (χ0) is 22.3. The van der Waals surface area contributed by atoms with Crippen LogP contribution < -0.4 is 5.32 Å². The van der Waals surface area contributed by atoms with Gasteiger partial charge in [-0.3, -0.25) is 4.79 Å². The molecule has 0 aliphatic heterocycles. The maximum atomic E-state index is 13.4. The van der Waals surface area contributed by atoms with Crippen molar-refractivity contribution in [3.63, 3.8) is 0 Å². The molecule has 0 fully saturated rings. The van der Waals surface area contributed by atoms with Crippen LogP contribution in [-0.2, 0) is 4.79 Å². The van der Waals surface area contributed by atoms with Crippen molar-refractivity contribution < 1.29 is 67.0 Å². The third kappa shape index (κ3) is 3.76. The van der Waals surface area contributed by atoms with Crippen LogP contribution in [0.15, 0.2) is 0 Å². The van der Waals surface area contributed by atoms with Crippen molar-refractivity contribution in [3.05, 3.63) is 0 Å². The highest BCUT2D eigenvalue weighted by atomic mass is 19.4. The van der Waals surface area contributed by atoms with Crippen molar-refractivity contribution in [2.75, 3.05) is 6.61 Å². The van der Waals surface area contributed by atoms with Gasteiger partial charge in [0.05, 0.1) is 12.6 Å². The van der Waals surface area contributed by atoms with Crippen LogP contribution in [0.25, 0.3) is 0 Å². The lowest BCUT2D eigenvalue weighted by molar-refractivity contribution is -0.436. The minimum Gasteiger partial charge on any atom is -0.394 e. The highest BCUT2D eigenvalue weighted by Gasteiger charge is 2.91. The number of alkyl halides is 13. The molecule has 0 aliphatic carbocycles. The summed E-state index contributed by atoms with van der Waals surface area (Å²) in [6.07, 6.45) is -7.97. The van der Waals surface area contributed by atoms with E-state index < -0.39 is 60.8 Å². The average molecular weight is 435 g/mol. The van der Waals surface area contributed by atoms with Crippen LogP contribution in [0, 0.1) is 0 Å². The number of hydrogen-bond donors (Lipinski definition) is 2. The summed E-state index contributed by atoms with van der Waals surface area (Å²) in [4.78, 5) is 11.0. The number of hydrogen-bond acceptors (Lipinski definition) is 2. The molecule has 0 radical (unpaired) electrons. The largest absolute Gasteiger partial charge is 0.460 e. The summed E-state index contributed by atoms with van der Waals surface area (Å²) in [5, 5.41) is 9.44. The van der Waals surface area contributed by atoms with E-state index >= 15 is 0 Å². The molecule has 0 saturated heterocycles. The van der Waals surface area contributed by atoms with Crippen LogP contribution in [0.3, 0.4) is 0 Å². The zero-order valence-electron chi connectivity index (χ0n) is 12.8. The summed E-state index contributed by atoms with van der Waals surface area (Å²) in [7, 11) is 0. The summed E-state index contributed by atoms with van der Waals surface area (Å²) in [5.41, 5.74) is 0. The van der Waals surface area contributed by atoms with E-state index in [1.165, 1.54) is 0 Å². The molecule has 0 spiro atoms. The van der Waals surface area contributed by atoms with Crippen molar-refractivity contribution in [1.82, 2.24) is 5.32 Å². The lowest BCUT2D eigenvalue weighted by Gasteiger charge is -2.39. The number of halogens is 13. The van der Waals surface area contributed by atoms with E-state index in [0.717, 1.165) is 12.2 Å². The van der Waals surface area contributed by atoms with Crippen LogP contribution in [0.4, 0.5) is 57.1 Å². The van der Waals surface area contributed by atoms with Gasteiger partial charge in [-0.2, -0.15) is 57.1 Å². The molecule has 1 atom stereocenters. The number of nitrogens with one attached hydrogen (secondary N) is 1. The van der Waals surface area contributed by atoms with Gasteiger partial charge in [-0.15, -0.1) is 0 Å². The highest BCUT2D eigenvalue weighted by molar-refractivity contribution is 5.85. The Hall–Kier alpha value is -1.48. The van der Waals surface area contributed by atoms with Gasteiger partial charge in [0.15, 0.2) is 0 Å². The maximum Gasteiger partial charge on any atom is 0.460 e. The highest BCUT2D eigenvalue weighted by Crippen LogP contribution is 2.60. The first-order valence-corrected chi connectivity index (χ1v) is 6.54. The number of rotatable bonds is 8. The molecule has 1 amide bonds. The summed E-state index contributed by atoms with van der Waals surface area (Å²) in [6.45, 7) is -0.146. The molecule has 0 saturated carbocycles. The Morgan fingerprint density at radius 3 is 1.44 bits per heavy atom. The van der Waals surface area contributed by atoms with Crippen molar-refractivity contribution in [3.8, 4) is 0 Å². The SMILES string of the molecule is CC[C@H](CO)NC(=O)C(F)(F)C(F)(F)C(F)(F)C(F)(F)C(F)(F)C(F)(F)F. The first-order chi connectivity index (χ1) is 11.7. The molecule has 0 aromatic rings. The van der Waals surface area contributed by atoms with E-state index in [-0.39, 0.29) is 0 Å². The zero-order valence-corrected chi connectivity index (χ0v) is 12.8. The van der Waals surface area contributed by atoms with Gasteiger partial charge in [0.2, 0.25) is 0 Å². The predicted octanol–water partition coefficient (Wildman–Crippen LogP) is 3.61. The molecule has 0 unspecified atom stereocenters. The topological polar surface area (TPSA) is 49.3 Å². The molecule has 162 valence electrons. The van der Waals surface area contributed by atoms with Gasteiger partial charge in [0.1, 0.15) is 0 Å². The van der Waals surface area contributed by atoms with Crippen molar-refractivity contribution in [2.45, 2.75) is 55.2 Å². The molecule has 2 N–H and O–H groups in total. The van der Waals surface area contributed by atoms with E-state index in [0.29, 0.717) is 0 Å². The van der Waals surface area contributed by atoms with Crippen LogP contribution in [0.5, 0.6) is 0 Å². The predicted molar refractivity (Wildman–Crippen MR) is 60.1 cm³/mol. The number of carbonyl (C=O) groups is 1. The Labute approximate surface area is 141 Å². The number of amides is 1. The summed E-state index contributed by atoms with van der Waals surface area (Å²) >= 11 is 0. The molecule has 0 aromatic carbocycles. The monoisotopic (exact) mass is 435 g/mol. The van der Waals surface area contributed by atoms with E-state index in [1.54, 1.807) is 0 Å². The second-order valence-electron chi connectivity index (χ2n) is 5.13. The van der Waals surface area contributed by atoms with E-state index in [9.17, 15) is 61.9 Å². The van der Waals surface area contributed by atoms with Crippen LogP contribution in [-0.4, -0.2) is 59.5 Å². The Morgan fingerprint density at radius 1 is 0.778 bits per heavy atom. The van der Waals surface area contributed by atoms with Gasteiger partial charge < -0.3 is 10.4 Å². The second-order valence-corrected chi connectivity index (χ2v) is 5.13. The molecule has 0 aliphatic rings. The van der Waals surface area contributed by atoms with Gasteiger partial charge >= 0.3 is 35.8 Å². The minimum atomic E-state index is -8.06. The Kier molecular flexibility index (Phi) is 6.77. The summed E-state index contributed by atoms with van der Waals surface area (Å²) in [6, 6.07) is -1.76. The number of carbonyl (C=O) groups excluding carboxylic acids is 1. The normalized spacial score (nSPS) is 16.3. The Balaban J connectivity index is 6.19. The second kappa shape index (κ2) is 7.16. The van der Waals surface area contributed by atoms with E-state index in [1.807, 2.05) is 0 Å². The van der Waals surface area contributed by atoms with E-state index in [2.05, 4.69) is 0 Å². The van der Waals surface area contributed by atoms with Crippen molar-refractivity contribution in [1.29, 1.82) is 0 Å². The Bertz CT molecular complexity index is 539. The standard InChI is InChI=1S/C11H10F13NO2/c1-2-4(3-26)25-5(27)6(12,13)7(14,15)8(16,17)9(18,19)10(20,21)11(22,23)24/h4,26H,2-3H2,1H3,(H,25,27)/t4-/m1/s1. The number of aliphatic hydroxyl groups excluding tert-OH is 1. The quantitative estimate of drug-likeness (QED) is 0.573. The maximum absolute atomic E-state index is 13.4. The van der Waals surface area contributed by atoms with Gasteiger partial charge in [0, 0.05) is 0 Å². The molecule has 0 aromatic heterocycles. The summed E-state index contributed by atoms with van der Waals surface area (Å²) in [5.74, 6) is -41.9. The molecule has 0 heterocycles. The van der Waals surface area contributed by atoms with Crippen LogP contribution in [0.1, 0.15) is 13.3 Å². The fourth-order valence-corrected chi connectivity index (χ4v) is 1.46. The first kappa shape index (κ1) is 25.5. The van der Waals surface area contributed by atoms with Crippen molar-refractivity contribution in [2.24, 2.45) is 0 Å². The minimum absolute atomic E-state index is 0.456. The van der Waals surface area contributed by atoms with Gasteiger partial charge in [-0.05, 0) is 6.42 Å². The molecule has 16 heteroatoms. The molecule has 27 heavy (non-hydrogen) atoms. The van der Waals surface area contributed by atoms with Crippen LogP contribution in [0.2, 0.25) is 0 Å². The fraction of sp³-hybridized carbons (Fsp3) is 0.909. The first-order valence-electron chi connectivity index (χ1n) is 6.54. The molecule has 0 bridgehead atoms.